The molecule has 3 rings (SSSR count). The van der Waals surface area contributed by atoms with Gasteiger partial charge in [-0.3, -0.25) is 0 Å². The van der Waals surface area contributed by atoms with Crippen molar-refractivity contribution in [1.29, 1.82) is 0 Å². The van der Waals surface area contributed by atoms with Crippen molar-refractivity contribution < 1.29 is 12.8 Å². The van der Waals surface area contributed by atoms with Gasteiger partial charge in [-0.25, -0.2) is 17.1 Å². The topological polar surface area (TPSA) is 37.4 Å². The molecule has 1 aliphatic rings. The Kier molecular flexibility index (Phi) is 5.01. The lowest BCUT2D eigenvalue weighted by Gasteiger charge is -2.25. The van der Waals surface area contributed by atoms with E-state index in [1.807, 2.05) is 30.3 Å². The Balaban J connectivity index is 1.96. The molecule has 0 radical (unpaired) electrons. The summed E-state index contributed by atoms with van der Waals surface area (Å²) in [7, 11) is -3.19. The third-order valence-corrected chi connectivity index (χ3v) is 6.16. The molecule has 24 heavy (non-hydrogen) atoms. The van der Waals surface area contributed by atoms with Crippen molar-refractivity contribution in [2.75, 3.05) is 19.3 Å². The molecule has 0 saturated carbocycles. The summed E-state index contributed by atoms with van der Waals surface area (Å²) in [5, 5.41) is 0. The van der Waals surface area contributed by atoms with E-state index in [-0.39, 0.29) is 17.7 Å². The third kappa shape index (κ3) is 3.84. The molecule has 128 valence electrons. The normalized spacial score (nSPS) is 22.9. The van der Waals surface area contributed by atoms with E-state index in [2.05, 4.69) is 12.1 Å². The summed E-state index contributed by atoms with van der Waals surface area (Å²) in [6.45, 7) is 1.03. The Morgan fingerprint density at radius 3 is 1.88 bits per heavy atom. The molecule has 0 aromatic heterocycles. The number of hydrogen-bond acceptors (Lipinski definition) is 2. The molecule has 1 saturated heterocycles. The minimum Gasteiger partial charge on any atom is -0.213 e. The highest BCUT2D eigenvalue weighted by Crippen LogP contribution is 2.40. The Hall–Kier alpha value is -1.72. The van der Waals surface area contributed by atoms with E-state index in [0.717, 1.165) is 18.4 Å². The molecule has 0 amide bonds. The third-order valence-electron chi connectivity index (χ3n) is 4.86. The molecule has 2 aromatic carbocycles. The quantitative estimate of drug-likeness (QED) is 0.848. The molecule has 2 aromatic rings. The van der Waals surface area contributed by atoms with Crippen LogP contribution in [-0.2, 0) is 10.0 Å². The lowest BCUT2D eigenvalue weighted by atomic mass is 9.78. The summed E-state index contributed by atoms with van der Waals surface area (Å²) in [5.41, 5.74) is 2.28. The zero-order valence-electron chi connectivity index (χ0n) is 13.7. The SMILES string of the molecule is CS(=O)(=O)N1CC[C@H](c2ccc(F)cc2)[C@H](c2ccccc2)CC1. The minimum absolute atomic E-state index is 0.180. The second-order valence-electron chi connectivity index (χ2n) is 6.41. The number of benzene rings is 2. The highest BCUT2D eigenvalue weighted by molar-refractivity contribution is 7.88. The van der Waals surface area contributed by atoms with Gasteiger partial charge >= 0.3 is 0 Å². The van der Waals surface area contributed by atoms with Gasteiger partial charge in [-0.2, -0.15) is 0 Å². The zero-order valence-corrected chi connectivity index (χ0v) is 14.5. The van der Waals surface area contributed by atoms with E-state index >= 15 is 0 Å². The average molecular weight is 347 g/mol. The average Bonchev–Trinajstić information content (AvgIpc) is 2.79. The second-order valence-corrected chi connectivity index (χ2v) is 8.40. The maximum atomic E-state index is 13.3. The fourth-order valence-electron chi connectivity index (χ4n) is 3.62. The highest BCUT2D eigenvalue weighted by atomic mass is 32.2. The Labute approximate surface area is 143 Å². The molecular weight excluding hydrogens is 325 g/mol. The van der Waals surface area contributed by atoms with Crippen LogP contribution < -0.4 is 0 Å². The van der Waals surface area contributed by atoms with Gasteiger partial charge in [-0.15, -0.1) is 0 Å². The largest absolute Gasteiger partial charge is 0.213 e. The lowest BCUT2D eigenvalue weighted by Crippen LogP contribution is -2.30. The Bertz CT molecular complexity index is 775. The van der Waals surface area contributed by atoms with Crippen molar-refractivity contribution in [3.63, 3.8) is 0 Å². The van der Waals surface area contributed by atoms with Gasteiger partial charge < -0.3 is 0 Å². The molecule has 0 aliphatic carbocycles. The number of sulfonamides is 1. The first-order valence-electron chi connectivity index (χ1n) is 8.20. The summed E-state index contributed by atoms with van der Waals surface area (Å²) in [6, 6.07) is 16.8. The van der Waals surface area contributed by atoms with Gasteiger partial charge in [0, 0.05) is 13.1 Å². The smallest absolute Gasteiger partial charge is 0.211 e. The van der Waals surface area contributed by atoms with Gasteiger partial charge in [0.1, 0.15) is 5.82 Å². The molecule has 0 N–H and O–H groups in total. The van der Waals surface area contributed by atoms with Gasteiger partial charge in [-0.1, -0.05) is 42.5 Å². The predicted octanol–water partition coefficient (Wildman–Crippen LogP) is 3.75. The van der Waals surface area contributed by atoms with Crippen molar-refractivity contribution >= 4 is 10.0 Å². The van der Waals surface area contributed by atoms with Gasteiger partial charge in [0.25, 0.3) is 0 Å². The van der Waals surface area contributed by atoms with E-state index in [1.165, 1.54) is 24.0 Å². The predicted molar refractivity (Wildman–Crippen MR) is 94.0 cm³/mol. The fraction of sp³-hybridized carbons (Fsp3) is 0.368. The number of halogens is 1. The number of rotatable bonds is 3. The van der Waals surface area contributed by atoms with Gasteiger partial charge in [0.05, 0.1) is 6.26 Å². The van der Waals surface area contributed by atoms with Crippen molar-refractivity contribution in [3.8, 4) is 0 Å². The fourth-order valence-corrected chi connectivity index (χ4v) is 4.49. The molecule has 3 nitrogen and oxygen atoms in total. The van der Waals surface area contributed by atoms with Crippen molar-refractivity contribution in [2.45, 2.75) is 24.7 Å². The summed E-state index contributed by atoms with van der Waals surface area (Å²) < 4.78 is 38.7. The Morgan fingerprint density at radius 1 is 0.875 bits per heavy atom. The van der Waals surface area contributed by atoms with Crippen LogP contribution in [0.15, 0.2) is 54.6 Å². The van der Waals surface area contributed by atoms with Crippen LogP contribution in [0.4, 0.5) is 4.39 Å². The van der Waals surface area contributed by atoms with Crippen LogP contribution >= 0.6 is 0 Å². The van der Waals surface area contributed by atoms with Gasteiger partial charge in [0.15, 0.2) is 0 Å². The maximum absolute atomic E-state index is 13.3. The van der Waals surface area contributed by atoms with E-state index in [1.54, 1.807) is 4.31 Å². The molecule has 1 fully saturated rings. The van der Waals surface area contributed by atoms with E-state index in [9.17, 15) is 12.8 Å². The zero-order chi connectivity index (χ0) is 17.2. The molecular formula is C19H22FNO2S. The van der Waals surface area contributed by atoms with Crippen molar-refractivity contribution in [2.24, 2.45) is 0 Å². The molecule has 0 bridgehead atoms. The van der Waals surface area contributed by atoms with Crippen LogP contribution in [0.1, 0.15) is 35.8 Å². The van der Waals surface area contributed by atoms with Gasteiger partial charge in [-0.05, 0) is 47.9 Å². The van der Waals surface area contributed by atoms with E-state index in [4.69, 9.17) is 0 Å². The summed E-state index contributed by atoms with van der Waals surface area (Å²) in [6.07, 6.45) is 2.76. The molecule has 0 unspecified atom stereocenters. The first-order chi connectivity index (χ1) is 11.4. The lowest BCUT2D eigenvalue weighted by molar-refractivity contribution is 0.425. The highest BCUT2D eigenvalue weighted by Gasteiger charge is 2.31. The monoisotopic (exact) mass is 347 g/mol. The summed E-state index contributed by atoms with van der Waals surface area (Å²) in [4.78, 5) is 0. The van der Waals surface area contributed by atoms with Crippen molar-refractivity contribution in [3.05, 3.63) is 71.5 Å². The van der Waals surface area contributed by atoms with Crippen molar-refractivity contribution in [1.82, 2.24) is 4.31 Å². The van der Waals surface area contributed by atoms with Gasteiger partial charge in [0.2, 0.25) is 10.0 Å². The molecule has 1 aliphatic heterocycles. The van der Waals surface area contributed by atoms with Crippen LogP contribution in [0.5, 0.6) is 0 Å². The number of nitrogens with zero attached hydrogens (tertiary/aromatic N) is 1. The van der Waals surface area contributed by atoms with Crippen LogP contribution in [0.2, 0.25) is 0 Å². The Morgan fingerprint density at radius 2 is 1.38 bits per heavy atom. The number of hydrogen-bond donors (Lipinski definition) is 0. The molecule has 5 heteroatoms. The minimum atomic E-state index is -3.19. The van der Waals surface area contributed by atoms with Crippen LogP contribution in [0.3, 0.4) is 0 Å². The maximum Gasteiger partial charge on any atom is 0.211 e. The molecule has 2 atom stereocenters. The summed E-state index contributed by atoms with van der Waals surface area (Å²) in [5.74, 6) is 0.157. The van der Waals surface area contributed by atoms with Crippen LogP contribution in [0, 0.1) is 5.82 Å². The van der Waals surface area contributed by atoms with Crippen LogP contribution in [-0.4, -0.2) is 32.1 Å². The molecule has 0 spiro atoms. The van der Waals surface area contributed by atoms with E-state index < -0.39 is 10.0 Å². The second kappa shape index (κ2) is 7.03. The first kappa shape index (κ1) is 17.1. The standard InChI is InChI=1S/C19H22FNO2S/c1-24(22,23)21-13-11-18(15-5-3-2-4-6-15)19(12-14-21)16-7-9-17(20)10-8-16/h2-10,18-19H,11-14H2,1H3/t18-,19+/m0/s1. The molecule has 1 heterocycles. The van der Waals surface area contributed by atoms with Crippen LogP contribution in [0.25, 0.3) is 0 Å². The van der Waals surface area contributed by atoms with E-state index in [0.29, 0.717) is 13.1 Å². The first-order valence-corrected chi connectivity index (χ1v) is 10.1. The summed E-state index contributed by atoms with van der Waals surface area (Å²) >= 11 is 0.